The molecule has 0 aromatic carbocycles. The second-order valence-corrected chi connectivity index (χ2v) is 4.04. The maximum absolute atomic E-state index is 10.5. The topological polar surface area (TPSA) is 116 Å². The number of carbonyl (C=O) groups is 4. The van der Waals surface area contributed by atoms with Gasteiger partial charge in [-0.3, -0.25) is 19.2 Å². The number of hydrogen-bond donors (Lipinski definition) is 4. The van der Waals surface area contributed by atoms with E-state index in [1.54, 1.807) is 0 Å². The van der Waals surface area contributed by atoms with E-state index in [2.05, 4.69) is 21.3 Å². The van der Waals surface area contributed by atoms with E-state index in [1.807, 2.05) is 0 Å². The van der Waals surface area contributed by atoms with Crippen molar-refractivity contribution in [3.8, 4) is 0 Å². The van der Waals surface area contributed by atoms with Gasteiger partial charge in [0.1, 0.15) is 0 Å². The molecular formula is C10H16N4O4. The Morgan fingerprint density at radius 3 is 0.944 bits per heavy atom. The Hall–Kier alpha value is -2.12. The lowest BCUT2D eigenvalue weighted by Crippen LogP contribution is -2.62. The number of carbonyl (C=O) groups excluding carboxylic acids is 4. The van der Waals surface area contributed by atoms with Gasteiger partial charge < -0.3 is 21.3 Å². The van der Waals surface area contributed by atoms with Crippen molar-refractivity contribution < 1.29 is 19.2 Å². The molecule has 1 rings (SSSR count). The second-order valence-electron chi connectivity index (χ2n) is 4.04. The third kappa shape index (κ3) is 3.44. The minimum absolute atomic E-state index is 0.283. The number of hydrogen-bond acceptors (Lipinski definition) is 4. The van der Waals surface area contributed by atoms with Gasteiger partial charge in [-0.15, -0.1) is 0 Å². The summed E-state index contributed by atoms with van der Waals surface area (Å²) in [5.74, 6) is 0. The minimum atomic E-state index is -0.283. The van der Waals surface area contributed by atoms with Crippen molar-refractivity contribution in [3.63, 3.8) is 0 Å². The Balaban J connectivity index is 2.75. The van der Waals surface area contributed by atoms with Crippen molar-refractivity contribution >= 4 is 25.6 Å². The van der Waals surface area contributed by atoms with Crippen LogP contribution in [0.5, 0.6) is 0 Å². The monoisotopic (exact) mass is 256 g/mol. The third-order valence-electron chi connectivity index (χ3n) is 3.12. The highest BCUT2D eigenvalue weighted by Gasteiger charge is 2.36. The summed E-state index contributed by atoms with van der Waals surface area (Å²) in [6.45, 7) is 0. The van der Waals surface area contributed by atoms with Gasteiger partial charge in [-0.1, -0.05) is 0 Å². The van der Waals surface area contributed by atoms with Gasteiger partial charge in [0.15, 0.2) is 0 Å². The van der Waals surface area contributed by atoms with Gasteiger partial charge in [-0.05, 0) is 12.8 Å². The number of rotatable bonds is 8. The van der Waals surface area contributed by atoms with E-state index >= 15 is 0 Å². The van der Waals surface area contributed by atoms with Crippen LogP contribution in [0.15, 0.2) is 0 Å². The van der Waals surface area contributed by atoms with Crippen LogP contribution in [-0.2, 0) is 19.2 Å². The van der Waals surface area contributed by atoms with Crippen LogP contribution < -0.4 is 21.3 Å². The molecule has 0 spiro atoms. The predicted molar refractivity (Wildman–Crippen MR) is 61.2 cm³/mol. The highest BCUT2D eigenvalue weighted by atomic mass is 16.1. The molecule has 4 atom stereocenters. The maximum Gasteiger partial charge on any atom is 0.207 e. The summed E-state index contributed by atoms with van der Waals surface area (Å²) in [5.41, 5.74) is 0. The smallest absolute Gasteiger partial charge is 0.207 e. The fraction of sp³-hybridized carbons (Fsp3) is 0.600. The molecule has 8 heteroatoms. The van der Waals surface area contributed by atoms with Crippen LogP contribution in [0, 0.1) is 0 Å². The summed E-state index contributed by atoms with van der Waals surface area (Å²) in [4.78, 5) is 42.0. The van der Waals surface area contributed by atoms with E-state index in [1.165, 1.54) is 0 Å². The highest BCUT2D eigenvalue weighted by Crippen LogP contribution is 2.19. The molecule has 100 valence electrons. The first kappa shape index (κ1) is 13.9. The van der Waals surface area contributed by atoms with Gasteiger partial charge in [0, 0.05) is 0 Å². The van der Waals surface area contributed by atoms with Crippen molar-refractivity contribution in [3.05, 3.63) is 0 Å². The van der Waals surface area contributed by atoms with Gasteiger partial charge in [0.05, 0.1) is 24.2 Å². The fourth-order valence-electron chi connectivity index (χ4n) is 2.29. The summed E-state index contributed by atoms with van der Waals surface area (Å²) in [5, 5.41) is 10.4. The molecule has 1 saturated carbocycles. The molecular weight excluding hydrogens is 240 g/mol. The zero-order chi connectivity index (χ0) is 13.4. The van der Waals surface area contributed by atoms with Crippen LogP contribution >= 0.6 is 0 Å². The minimum Gasteiger partial charge on any atom is -0.354 e. The Labute approximate surface area is 104 Å². The lowest BCUT2D eigenvalue weighted by atomic mass is 9.83. The van der Waals surface area contributed by atoms with Crippen LogP contribution in [0.3, 0.4) is 0 Å². The average Bonchev–Trinajstić information content (AvgIpc) is 2.35. The fourth-order valence-corrected chi connectivity index (χ4v) is 2.29. The van der Waals surface area contributed by atoms with Gasteiger partial charge in [0.2, 0.25) is 25.6 Å². The van der Waals surface area contributed by atoms with Crippen LogP contribution in [-0.4, -0.2) is 49.8 Å². The Morgan fingerprint density at radius 2 is 0.778 bits per heavy atom. The lowest BCUT2D eigenvalue weighted by molar-refractivity contribution is -0.115. The highest BCUT2D eigenvalue weighted by molar-refractivity contribution is 5.52. The molecule has 1 aliphatic carbocycles. The SMILES string of the molecule is O=CNC1CC(NC=O)C(NC=O)CC1NC=O. The number of amides is 4. The molecule has 4 unspecified atom stereocenters. The summed E-state index contributed by atoms with van der Waals surface area (Å²) in [7, 11) is 0. The quantitative estimate of drug-likeness (QED) is 0.352. The van der Waals surface area contributed by atoms with Crippen LogP contribution in [0.4, 0.5) is 0 Å². The third-order valence-corrected chi connectivity index (χ3v) is 3.12. The molecule has 8 nitrogen and oxygen atoms in total. The van der Waals surface area contributed by atoms with Crippen molar-refractivity contribution in [1.82, 2.24) is 21.3 Å². The van der Waals surface area contributed by atoms with E-state index in [4.69, 9.17) is 0 Å². The van der Waals surface area contributed by atoms with Crippen molar-refractivity contribution in [2.45, 2.75) is 37.0 Å². The largest absolute Gasteiger partial charge is 0.354 e. The van der Waals surface area contributed by atoms with E-state index in [-0.39, 0.29) is 24.2 Å². The van der Waals surface area contributed by atoms with Crippen molar-refractivity contribution in [2.24, 2.45) is 0 Å². The number of nitrogens with one attached hydrogen (secondary N) is 4. The van der Waals surface area contributed by atoms with E-state index in [0.29, 0.717) is 38.5 Å². The maximum atomic E-state index is 10.5. The molecule has 0 radical (unpaired) electrons. The molecule has 0 aliphatic heterocycles. The molecule has 0 saturated heterocycles. The Bertz CT molecular complexity index is 254. The predicted octanol–water partition coefficient (Wildman–Crippen LogP) is -2.76. The normalized spacial score (nSPS) is 30.7. The van der Waals surface area contributed by atoms with Crippen molar-refractivity contribution in [1.29, 1.82) is 0 Å². The average molecular weight is 256 g/mol. The van der Waals surface area contributed by atoms with Gasteiger partial charge in [0.25, 0.3) is 0 Å². The Morgan fingerprint density at radius 1 is 0.556 bits per heavy atom. The van der Waals surface area contributed by atoms with Crippen LogP contribution in [0.2, 0.25) is 0 Å². The molecule has 0 aromatic rings. The first-order valence-electron chi connectivity index (χ1n) is 5.55. The zero-order valence-electron chi connectivity index (χ0n) is 9.67. The molecule has 0 aromatic heterocycles. The van der Waals surface area contributed by atoms with Gasteiger partial charge >= 0.3 is 0 Å². The van der Waals surface area contributed by atoms with E-state index in [0.717, 1.165) is 0 Å². The van der Waals surface area contributed by atoms with E-state index < -0.39 is 0 Å². The molecule has 4 amide bonds. The second kappa shape index (κ2) is 7.25. The summed E-state index contributed by atoms with van der Waals surface area (Å²) in [6, 6.07) is -1.13. The molecule has 18 heavy (non-hydrogen) atoms. The zero-order valence-corrected chi connectivity index (χ0v) is 9.67. The molecule has 1 aliphatic rings. The molecule has 1 fully saturated rings. The standard InChI is InChI=1S/C10H16N4O4/c15-3-11-7-1-8(12-4-16)10(14-6-18)2-9(7)13-5-17/h3-10H,1-2H2,(H,11,15)(H,12,16)(H,13,17)(H,14,18). The summed E-state index contributed by atoms with van der Waals surface area (Å²) >= 11 is 0. The summed E-state index contributed by atoms with van der Waals surface area (Å²) < 4.78 is 0. The summed E-state index contributed by atoms with van der Waals surface area (Å²) in [6.07, 6.45) is 3.05. The Kier molecular flexibility index (Phi) is 5.62. The lowest BCUT2D eigenvalue weighted by Gasteiger charge is -2.40. The van der Waals surface area contributed by atoms with Gasteiger partial charge in [-0.25, -0.2) is 0 Å². The molecule has 0 heterocycles. The van der Waals surface area contributed by atoms with Crippen LogP contribution in [0.25, 0.3) is 0 Å². The van der Waals surface area contributed by atoms with Crippen molar-refractivity contribution in [2.75, 3.05) is 0 Å². The first-order valence-corrected chi connectivity index (χ1v) is 5.55. The van der Waals surface area contributed by atoms with Gasteiger partial charge in [-0.2, -0.15) is 0 Å². The first-order chi connectivity index (χ1) is 8.76. The van der Waals surface area contributed by atoms with E-state index in [9.17, 15) is 19.2 Å². The molecule has 0 bridgehead atoms. The molecule has 4 N–H and O–H groups in total. The van der Waals surface area contributed by atoms with Crippen LogP contribution in [0.1, 0.15) is 12.8 Å².